The van der Waals surface area contributed by atoms with Crippen molar-refractivity contribution in [3.8, 4) is 0 Å². The van der Waals surface area contributed by atoms with Crippen LogP contribution in [-0.4, -0.2) is 68.1 Å². The van der Waals surface area contributed by atoms with Gasteiger partial charge in [-0.2, -0.15) is 0 Å². The lowest BCUT2D eigenvalue weighted by atomic mass is 10.0. The Kier molecular flexibility index (Phi) is 10.0. The molecule has 0 saturated heterocycles. The normalized spacial score (nSPS) is 17.2. The number of ketones is 2. The molecule has 0 spiro atoms. The number of carbonyl (C=O) groups is 2. The van der Waals surface area contributed by atoms with Crippen LogP contribution in [-0.2, 0) is 9.59 Å². The fraction of sp³-hybridized carbons (Fsp3) is 0.800. The van der Waals surface area contributed by atoms with Crippen LogP contribution in [0.2, 0.25) is 0 Å². The minimum atomic E-state index is -1.88. The van der Waals surface area contributed by atoms with E-state index in [-0.39, 0.29) is 5.78 Å². The molecule has 17 heavy (non-hydrogen) atoms. The van der Waals surface area contributed by atoms with E-state index in [0.29, 0.717) is 0 Å². The largest absolute Gasteiger partial charge is 0.391 e. The van der Waals surface area contributed by atoms with E-state index >= 15 is 0 Å². The lowest BCUT2D eigenvalue weighted by molar-refractivity contribution is -0.146. The second-order valence-corrected chi connectivity index (χ2v) is 3.70. The maximum absolute atomic E-state index is 10.6. The van der Waals surface area contributed by atoms with Gasteiger partial charge in [0.25, 0.3) is 0 Å². The summed E-state index contributed by atoms with van der Waals surface area (Å²) in [5, 5.41) is 44.2. The van der Waals surface area contributed by atoms with Gasteiger partial charge in [0, 0.05) is 0 Å². The number of aliphatic hydroxyl groups is 5. The summed E-state index contributed by atoms with van der Waals surface area (Å²) in [6.45, 7) is 3.33. The van der Waals surface area contributed by atoms with Crippen molar-refractivity contribution < 1.29 is 35.1 Å². The lowest BCUT2D eigenvalue weighted by Crippen LogP contribution is -2.47. The average Bonchev–Trinajstić information content (AvgIpc) is 2.23. The standard InChI is InChI=1S/C7H14O6.C3H6O/c1-3(9)5(11)7(13)6(12)4(10)2-8;1-3(2)4/h3,5-9,11-13H,2H2,1H3;1-2H3. The van der Waals surface area contributed by atoms with E-state index in [1.54, 1.807) is 0 Å². The van der Waals surface area contributed by atoms with Gasteiger partial charge < -0.3 is 30.3 Å². The Morgan fingerprint density at radius 3 is 1.59 bits per heavy atom. The summed E-state index contributed by atoms with van der Waals surface area (Å²) in [6.07, 6.45) is -6.56. The summed E-state index contributed by atoms with van der Waals surface area (Å²) >= 11 is 0. The first-order valence-corrected chi connectivity index (χ1v) is 4.98. The number of hydrogen-bond acceptors (Lipinski definition) is 7. The third-order valence-electron chi connectivity index (χ3n) is 1.65. The van der Waals surface area contributed by atoms with Crippen LogP contribution in [0.3, 0.4) is 0 Å². The SMILES string of the molecule is CC(C)=O.CC(O)C(O)C(O)C(O)C(=O)CO. The molecule has 0 amide bonds. The summed E-state index contributed by atoms with van der Waals surface area (Å²) in [5.74, 6) is -0.841. The van der Waals surface area contributed by atoms with Crippen molar-refractivity contribution in [1.29, 1.82) is 0 Å². The van der Waals surface area contributed by atoms with Gasteiger partial charge in [0.05, 0.1) is 6.10 Å². The van der Waals surface area contributed by atoms with Crippen LogP contribution < -0.4 is 0 Å². The van der Waals surface area contributed by atoms with E-state index in [2.05, 4.69) is 0 Å². The molecule has 4 unspecified atom stereocenters. The topological polar surface area (TPSA) is 135 Å². The van der Waals surface area contributed by atoms with E-state index in [4.69, 9.17) is 25.5 Å². The minimum Gasteiger partial charge on any atom is -0.391 e. The predicted octanol–water partition coefficient (Wildman–Crippen LogP) is -2.39. The molecule has 0 aliphatic rings. The summed E-state index contributed by atoms with van der Waals surface area (Å²) in [6, 6.07) is 0. The van der Waals surface area contributed by atoms with Gasteiger partial charge in [-0.1, -0.05) is 0 Å². The van der Waals surface area contributed by atoms with Crippen molar-refractivity contribution >= 4 is 11.6 Å². The zero-order valence-corrected chi connectivity index (χ0v) is 10.1. The summed E-state index contributed by atoms with van der Waals surface area (Å²) < 4.78 is 0. The third kappa shape index (κ3) is 8.90. The highest BCUT2D eigenvalue weighted by atomic mass is 16.4. The highest BCUT2D eigenvalue weighted by Crippen LogP contribution is 2.05. The zero-order valence-electron chi connectivity index (χ0n) is 10.1. The molecular formula is C10H20O7. The number of Topliss-reactive ketones (excluding diaryl/α,β-unsaturated/α-hetero) is 2. The van der Waals surface area contributed by atoms with Crippen molar-refractivity contribution in [2.24, 2.45) is 0 Å². The van der Waals surface area contributed by atoms with Crippen molar-refractivity contribution in [1.82, 2.24) is 0 Å². The molecule has 5 N–H and O–H groups in total. The molecule has 0 aromatic carbocycles. The summed E-state index contributed by atoms with van der Waals surface area (Å²) in [4.78, 5) is 20.1. The predicted molar refractivity (Wildman–Crippen MR) is 58.1 cm³/mol. The average molecular weight is 252 g/mol. The van der Waals surface area contributed by atoms with E-state index in [9.17, 15) is 9.59 Å². The first-order valence-electron chi connectivity index (χ1n) is 4.98. The van der Waals surface area contributed by atoms with Crippen LogP contribution in [0.4, 0.5) is 0 Å². The van der Waals surface area contributed by atoms with Crippen LogP contribution >= 0.6 is 0 Å². The quantitative estimate of drug-likeness (QED) is 0.368. The van der Waals surface area contributed by atoms with E-state index < -0.39 is 36.8 Å². The Balaban J connectivity index is 0. The Morgan fingerprint density at radius 1 is 1.00 bits per heavy atom. The number of rotatable bonds is 5. The number of aliphatic hydroxyl groups excluding tert-OH is 5. The molecule has 0 fully saturated rings. The van der Waals surface area contributed by atoms with Crippen LogP contribution in [0.15, 0.2) is 0 Å². The first-order chi connectivity index (χ1) is 7.64. The number of carbonyl (C=O) groups excluding carboxylic acids is 2. The van der Waals surface area contributed by atoms with E-state index in [0.717, 1.165) is 0 Å². The highest BCUT2D eigenvalue weighted by Gasteiger charge is 2.31. The van der Waals surface area contributed by atoms with Gasteiger partial charge in [0.1, 0.15) is 30.7 Å². The maximum Gasteiger partial charge on any atom is 0.189 e. The lowest BCUT2D eigenvalue weighted by Gasteiger charge is -2.23. The highest BCUT2D eigenvalue weighted by molar-refractivity contribution is 5.84. The van der Waals surface area contributed by atoms with Gasteiger partial charge in [-0.15, -0.1) is 0 Å². The monoisotopic (exact) mass is 252 g/mol. The molecule has 7 heteroatoms. The Morgan fingerprint density at radius 2 is 1.35 bits per heavy atom. The van der Waals surface area contributed by atoms with Crippen molar-refractivity contribution in [3.05, 3.63) is 0 Å². The van der Waals surface area contributed by atoms with Crippen LogP contribution in [0.5, 0.6) is 0 Å². The van der Waals surface area contributed by atoms with Gasteiger partial charge in [-0.05, 0) is 20.8 Å². The molecule has 0 aromatic heterocycles. The third-order valence-corrected chi connectivity index (χ3v) is 1.65. The van der Waals surface area contributed by atoms with Crippen molar-refractivity contribution in [3.63, 3.8) is 0 Å². The van der Waals surface area contributed by atoms with Gasteiger partial charge in [0.15, 0.2) is 5.78 Å². The number of hydrogen-bond donors (Lipinski definition) is 5. The Hall–Kier alpha value is -0.860. The molecule has 0 bridgehead atoms. The maximum atomic E-state index is 10.6. The smallest absolute Gasteiger partial charge is 0.189 e. The Bertz CT molecular complexity index is 235. The molecule has 0 aromatic rings. The molecule has 0 rings (SSSR count). The summed E-state index contributed by atoms with van der Waals surface area (Å²) in [5.41, 5.74) is 0. The molecule has 0 heterocycles. The zero-order chi connectivity index (χ0) is 14.2. The molecule has 0 saturated carbocycles. The Labute approximate surface area is 99.3 Å². The van der Waals surface area contributed by atoms with E-state index in [1.165, 1.54) is 20.8 Å². The van der Waals surface area contributed by atoms with Crippen molar-refractivity contribution in [2.75, 3.05) is 6.61 Å². The van der Waals surface area contributed by atoms with Gasteiger partial charge in [-0.25, -0.2) is 0 Å². The molecule has 4 atom stereocenters. The van der Waals surface area contributed by atoms with Crippen LogP contribution in [0, 0.1) is 0 Å². The molecule has 0 radical (unpaired) electrons. The second-order valence-electron chi connectivity index (χ2n) is 3.70. The molecule has 0 aliphatic carbocycles. The fourth-order valence-electron chi connectivity index (χ4n) is 0.756. The molecular weight excluding hydrogens is 232 g/mol. The van der Waals surface area contributed by atoms with Crippen molar-refractivity contribution in [2.45, 2.75) is 45.2 Å². The van der Waals surface area contributed by atoms with Crippen LogP contribution in [0.1, 0.15) is 20.8 Å². The molecule has 102 valence electrons. The first kappa shape index (κ1) is 18.5. The van der Waals surface area contributed by atoms with Gasteiger partial charge >= 0.3 is 0 Å². The van der Waals surface area contributed by atoms with Gasteiger partial charge in [-0.3, -0.25) is 4.79 Å². The fourth-order valence-corrected chi connectivity index (χ4v) is 0.756. The molecule has 0 aliphatic heterocycles. The molecule has 7 nitrogen and oxygen atoms in total. The van der Waals surface area contributed by atoms with Crippen LogP contribution in [0.25, 0.3) is 0 Å². The van der Waals surface area contributed by atoms with Gasteiger partial charge in [0.2, 0.25) is 0 Å². The minimum absolute atomic E-state index is 0.167. The summed E-state index contributed by atoms with van der Waals surface area (Å²) in [7, 11) is 0. The van der Waals surface area contributed by atoms with E-state index in [1.807, 2.05) is 0 Å². The second kappa shape index (κ2) is 9.20.